The molecule has 0 radical (unpaired) electrons. The normalized spacial score (nSPS) is 16.2. The molecule has 3 heteroatoms. The lowest BCUT2D eigenvalue weighted by molar-refractivity contribution is -0.135. The number of hydrogen-bond donors (Lipinski definition) is 1. The first-order valence-corrected chi connectivity index (χ1v) is 7.27. The molecule has 0 amide bonds. The molecular formula is C16H23NO2. The van der Waals surface area contributed by atoms with Crippen LogP contribution in [0.1, 0.15) is 38.5 Å². The third-order valence-corrected chi connectivity index (χ3v) is 3.98. The lowest BCUT2D eigenvalue weighted by Gasteiger charge is -2.27. The summed E-state index contributed by atoms with van der Waals surface area (Å²) in [6.45, 7) is 0.942. The van der Waals surface area contributed by atoms with E-state index >= 15 is 0 Å². The van der Waals surface area contributed by atoms with Gasteiger partial charge in [0.2, 0.25) is 0 Å². The highest BCUT2D eigenvalue weighted by Crippen LogP contribution is 2.27. The molecule has 0 spiro atoms. The molecule has 1 aliphatic rings. The minimum Gasteiger partial charge on any atom is -0.480 e. The maximum absolute atomic E-state index is 11.0. The Labute approximate surface area is 115 Å². The summed E-state index contributed by atoms with van der Waals surface area (Å²) < 4.78 is 0. The van der Waals surface area contributed by atoms with Crippen molar-refractivity contribution in [2.24, 2.45) is 5.92 Å². The fraction of sp³-hybridized carbons (Fsp3) is 0.562. The number of carboxylic acids is 1. The predicted octanol–water partition coefficient (Wildman–Crippen LogP) is 3.55. The van der Waals surface area contributed by atoms with Gasteiger partial charge in [-0.1, -0.05) is 50.3 Å². The highest BCUT2D eigenvalue weighted by Gasteiger charge is 2.16. The second-order valence-corrected chi connectivity index (χ2v) is 5.44. The van der Waals surface area contributed by atoms with E-state index in [0.29, 0.717) is 0 Å². The zero-order valence-electron chi connectivity index (χ0n) is 11.4. The van der Waals surface area contributed by atoms with Gasteiger partial charge in [-0.25, -0.2) is 0 Å². The van der Waals surface area contributed by atoms with E-state index in [1.165, 1.54) is 32.1 Å². The number of para-hydroxylation sites is 1. The van der Waals surface area contributed by atoms with Gasteiger partial charge in [0.15, 0.2) is 0 Å². The lowest BCUT2D eigenvalue weighted by Crippen LogP contribution is -2.31. The maximum atomic E-state index is 11.0. The number of hydrogen-bond acceptors (Lipinski definition) is 2. The minimum atomic E-state index is -0.757. The van der Waals surface area contributed by atoms with Crippen LogP contribution >= 0.6 is 0 Å². The van der Waals surface area contributed by atoms with Gasteiger partial charge in [-0.05, 0) is 24.5 Å². The summed E-state index contributed by atoms with van der Waals surface area (Å²) in [6, 6.07) is 9.87. The van der Waals surface area contributed by atoms with E-state index in [1.54, 1.807) is 0 Å². The van der Waals surface area contributed by atoms with Crippen molar-refractivity contribution >= 4 is 11.7 Å². The van der Waals surface area contributed by atoms with Crippen LogP contribution in [0, 0.1) is 5.92 Å². The van der Waals surface area contributed by atoms with Gasteiger partial charge in [0.25, 0.3) is 0 Å². The molecule has 1 N–H and O–H groups in total. The monoisotopic (exact) mass is 261 g/mol. The summed E-state index contributed by atoms with van der Waals surface area (Å²) >= 11 is 0. The van der Waals surface area contributed by atoms with Crippen molar-refractivity contribution in [1.29, 1.82) is 0 Å². The average molecular weight is 261 g/mol. The van der Waals surface area contributed by atoms with Crippen molar-refractivity contribution in [3.05, 3.63) is 30.3 Å². The molecule has 104 valence electrons. The number of aliphatic carboxylic acids is 1. The van der Waals surface area contributed by atoms with Crippen molar-refractivity contribution in [3.63, 3.8) is 0 Å². The first-order chi connectivity index (χ1) is 9.25. The van der Waals surface area contributed by atoms with Gasteiger partial charge in [-0.15, -0.1) is 0 Å². The molecule has 3 nitrogen and oxygen atoms in total. The molecule has 0 atom stereocenters. The number of carbonyl (C=O) groups is 1. The fourth-order valence-corrected chi connectivity index (χ4v) is 2.92. The molecule has 0 aromatic heterocycles. The maximum Gasteiger partial charge on any atom is 0.323 e. The predicted molar refractivity (Wildman–Crippen MR) is 77.5 cm³/mol. The van der Waals surface area contributed by atoms with Crippen LogP contribution < -0.4 is 4.90 Å². The van der Waals surface area contributed by atoms with E-state index in [9.17, 15) is 4.79 Å². The molecule has 2 rings (SSSR count). The van der Waals surface area contributed by atoms with Crippen molar-refractivity contribution in [2.75, 3.05) is 18.0 Å². The number of anilines is 1. The zero-order chi connectivity index (χ0) is 13.5. The van der Waals surface area contributed by atoms with Crippen molar-refractivity contribution < 1.29 is 9.90 Å². The van der Waals surface area contributed by atoms with Crippen LogP contribution in [0.3, 0.4) is 0 Å². The summed E-state index contributed by atoms with van der Waals surface area (Å²) in [6.07, 6.45) is 7.80. The Balaban J connectivity index is 1.92. The average Bonchev–Trinajstić information content (AvgIpc) is 2.45. The van der Waals surface area contributed by atoms with Gasteiger partial charge >= 0.3 is 5.97 Å². The van der Waals surface area contributed by atoms with Crippen LogP contribution in [0.25, 0.3) is 0 Å². The molecular weight excluding hydrogens is 238 g/mol. The van der Waals surface area contributed by atoms with Crippen LogP contribution in [-0.4, -0.2) is 24.2 Å². The van der Waals surface area contributed by atoms with Gasteiger partial charge in [-0.2, -0.15) is 0 Å². The molecule has 1 aliphatic carbocycles. The molecule has 0 heterocycles. The summed E-state index contributed by atoms with van der Waals surface area (Å²) in [5.41, 5.74) is 1.01. The molecule has 0 aliphatic heterocycles. The Kier molecular flexibility index (Phi) is 5.25. The largest absolute Gasteiger partial charge is 0.480 e. The second kappa shape index (κ2) is 7.17. The van der Waals surface area contributed by atoms with Gasteiger partial charge in [0.05, 0.1) is 0 Å². The summed E-state index contributed by atoms with van der Waals surface area (Å²) in [5.74, 6) is 0.0289. The van der Waals surface area contributed by atoms with E-state index < -0.39 is 5.97 Å². The first kappa shape index (κ1) is 13.9. The second-order valence-electron chi connectivity index (χ2n) is 5.44. The number of rotatable bonds is 6. The molecule has 1 saturated carbocycles. The highest BCUT2D eigenvalue weighted by molar-refractivity contribution is 5.73. The minimum absolute atomic E-state index is 0.0940. The van der Waals surface area contributed by atoms with Gasteiger partial charge < -0.3 is 10.0 Å². The van der Waals surface area contributed by atoms with Crippen LogP contribution in [0.15, 0.2) is 30.3 Å². The van der Waals surface area contributed by atoms with E-state index in [1.807, 2.05) is 35.2 Å². The van der Waals surface area contributed by atoms with Crippen LogP contribution in [0.5, 0.6) is 0 Å². The number of nitrogens with zero attached hydrogens (tertiary/aromatic N) is 1. The van der Waals surface area contributed by atoms with E-state index in [2.05, 4.69) is 0 Å². The Hall–Kier alpha value is -1.51. The van der Waals surface area contributed by atoms with Crippen LogP contribution in [0.4, 0.5) is 5.69 Å². The van der Waals surface area contributed by atoms with Gasteiger partial charge in [-0.3, -0.25) is 4.79 Å². The van der Waals surface area contributed by atoms with Gasteiger partial charge in [0.1, 0.15) is 6.54 Å². The van der Waals surface area contributed by atoms with E-state index in [-0.39, 0.29) is 6.54 Å². The third kappa shape index (κ3) is 4.58. The fourth-order valence-electron chi connectivity index (χ4n) is 2.92. The smallest absolute Gasteiger partial charge is 0.323 e. The molecule has 19 heavy (non-hydrogen) atoms. The molecule has 0 saturated heterocycles. The Morgan fingerprint density at radius 1 is 1.16 bits per heavy atom. The third-order valence-electron chi connectivity index (χ3n) is 3.98. The quantitative estimate of drug-likeness (QED) is 0.851. The summed E-state index contributed by atoms with van der Waals surface area (Å²) in [4.78, 5) is 13.0. The van der Waals surface area contributed by atoms with E-state index in [0.717, 1.165) is 24.6 Å². The van der Waals surface area contributed by atoms with Crippen LogP contribution in [0.2, 0.25) is 0 Å². The van der Waals surface area contributed by atoms with Crippen LogP contribution in [-0.2, 0) is 4.79 Å². The van der Waals surface area contributed by atoms with Crippen molar-refractivity contribution in [1.82, 2.24) is 0 Å². The summed E-state index contributed by atoms with van der Waals surface area (Å²) in [7, 11) is 0. The Morgan fingerprint density at radius 3 is 2.47 bits per heavy atom. The zero-order valence-corrected chi connectivity index (χ0v) is 11.4. The standard InChI is InChI=1S/C16H23NO2/c18-16(19)13-17(15-9-5-2-6-10-15)12-11-14-7-3-1-4-8-14/h2,5-6,9-10,14H,1,3-4,7-8,11-13H2,(H,18,19). The Bertz CT molecular complexity index is 385. The molecule has 1 aromatic carbocycles. The molecule has 1 fully saturated rings. The first-order valence-electron chi connectivity index (χ1n) is 7.27. The number of carboxylic acid groups (broad SMARTS) is 1. The summed E-state index contributed by atoms with van der Waals surface area (Å²) in [5, 5.41) is 9.04. The topological polar surface area (TPSA) is 40.5 Å². The Morgan fingerprint density at radius 2 is 1.84 bits per heavy atom. The van der Waals surface area contributed by atoms with E-state index in [4.69, 9.17) is 5.11 Å². The molecule has 0 bridgehead atoms. The highest BCUT2D eigenvalue weighted by atomic mass is 16.4. The van der Waals surface area contributed by atoms with Crippen molar-refractivity contribution in [2.45, 2.75) is 38.5 Å². The molecule has 0 unspecified atom stereocenters. The SMILES string of the molecule is O=C(O)CN(CCC1CCCCC1)c1ccccc1. The van der Waals surface area contributed by atoms with Gasteiger partial charge in [0, 0.05) is 12.2 Å². The van der Waals surface area contributed by atoms with Crippen molar-refractivity contribution in [3.8, 4) is 0 Å². The lowest BCUT2D eigenvalue weighted by atomic mass is 9.87. The number of benzene rings is 1. The molecule has 1 aromatic rings.